The van der Waals surface area contributed by atoms with E-state index in [0.717, 1.165) is 17.1 Å². The molecule has 0 aliphatic heterocycles. The minimum absolute atomic E-state index is 0.576. The topological polar surface area (TPSA) is 66.9 Å². The van der Waals surface area contributed by atoms with Crippen LogP contribution in [0.1, 0.15) is 11.3 Å². The Morgan fingerprint density at radius 3 is 2.89 bits per heavy atom. The Hall–Kier alpha value is -2.74. The fraction of sp³-hybridized carbons (Fsp3) is 0.0769. The van der Waals surface area contributed by atoms with Gasteiger partial charge in [0, 0.05) is 29.7 Å². The minimum atomic E-state index is 0.576. The summed E-state index contributed by atoms with van der Waals surface area (Å²) in [6.07, 6.45) is 3.55. The molecule has 3 heterocycles. The molecule has 0 bridgehead atoms. The van der Waals surface area contributed by atoms with Crippen LogP contribution in [0, 0.1) is 18.3 Å². The third kappa shape index (κ3) is 1.60. The van der Waals surface area contributed by atoms with Crippen LogP contribution >= 0.6 is 0 Å². The van der Waals surface area contributed by atoms with Crippen molar-refractivity contribution < 1.29 is 0 Å². The number of hydrogen-bond acceptors (Lipinski definition) is 4. The molecule has 5 nitrogen and oxygen atoms in total. The number of aryl methyl sites for hydroxylation is 1. The molecule has 0 atom stereocenters. The van der Waals surface area contributed by atoms with Crippen molar-refractivity contribution in [3.63, 3.8) is 0 Å². The highest BCUT2D eigenvalue weighted by molar-refractivity contribution is 5.60. The van der Waals surface area contributed by atoms with Crippen LogP contribution in [-0.4, -0.2) is 19.6 Å². The van der Waals surface area contributed by atoms with Crippen molar-refractivity contribution >= 4 is 5.65 Å². The van der Waals surface area contributed by atoms with Gasteiger partial charge in [-0.2, -0.15) is 5.26 Å². The first-order valence-corrected chi connectivity index (χ1v) is 5.46. The van der Waals surface area contributed by atoms with E-state index in [4.69, 9.17) is 5.26 Å². The molecule has 0 aromatic carbocycles. The standard InChI is InChI=1S/C13H9N5/c1-9-6-11(2-4-15-9)13-17-16-12-7-10(8-14)3-5-18(12)13/h2-7H,1H3. The lowest BCUT2D eigenvalue weighted by Crippen LogP contribution is -1.91. The van der Waals surface area contributed by atoms with Gasteiger partial charge in [-0.3, -0.25) is 9.38 Å². The van der Waals surface area contributed by atoms with Gasteiger partial charge in [0.1, 0.15) is 0 Å². The molecule has 0 amide bonds. The monoisotopic (exact) mass is 235 g/mol. The van der Waals surface area contributed by atoms with Gasteiger partial charge < -0.3 is 0 Å². The Morgan fingerprint density at radius 2 is 2.11 bits per heavy atom. The zero-order valence-corrected chi connectivity index (χ0v) is 9.70. The second-order valence-corrected chi connectivity index (χ2v) is 3.96. The maximum Gasteiger partial charge on any atom is 0.168 e. The molecule has 3 rings (SSSR count). The van der Waals surface area contributed by atoms with Gasteiger partial charge in [0.2, 0.25) is 0 Å². The SMILES string of the molecule is Cc1cc(-c2nnc3cc(C#N)ccn23)ccn1. The molecule has 0 fully saturated rings. The lowest BCUT2D eigenvalue weighted by Gasteiger charge is -2.00. The van der Waals surface area contributed by atoms with Gasteiger partial charge in [0.25, 0.3) is 0 Å². The summed E-state index contributed by atoms with van der Waals surface area (Å²) in [7, 11) is 0. The Kier molecular flexibility index (Phi) is 2.27. The van der Waals surface area contributed by atoms with Crippen LogP contribution in [0.4, 0.5) is 0 Å². The third-order valence-electron chi connectivity index (χ3n) is 2.69. The first-order valence-electron chi connectivity index (χ1n) is 5.46. The van der Waals surface area contributed by atoms with E-state index >= 15 is 0 Å². The van der Waals surface area contributed by atoms with Crippen molar-refractivity contribution in [3.8, 4) is 17.5 Å². The van der Waals surface area contributed by atoms with E-state index in [1.165, 1.54) is 0 Å². The lowest BCUT2D eigenvalue weighted by molar-refractivity contribution is 1.10. The molecule has 0 aliphatic carbocycles. The molecule has 0 radical (unpaired) electrons. The van der Waals surface area contributed by atoms with Gasteiger partial charge in [0.05, 0.1) is 11.6 Å². The molecular weight excluding hydrogens is 226 g/mol. The Morgan fingerprint density at radius 1 is 1.22 bits per heavy atom. The van der Waals surface area contributed by atoms with Gasteiger partial charge in [-0.15, -0.1) is 10.2 Å². The Labute approximate surface area is 103 Å². The largest absolute Gasteiger partial charge is 0.282 e. The zero-order valence-electron chi connectivity index (χ0n) is 9.70. The number of nitrogens with zero attached hydrogens (tertiary/aromatic N) is 5. The molecule has 3 aromatic heterocycles. The molecule has 0 N–H and O–H groups in total. The van der Waals surface area contributed by atoms with Crippen LogP contribution in [0.2, 0.25) is 0 Å². The second-order valence-electron chi connectivity index (χ2n) is 3.96. The van der Waals surface area contributed by atoms with Gasteiger partial charge in [0.15, 0.2) is 11.5 Å². The van der Waals surface area contributed by atoms with Crippen molar-refractivity contribution in [2.75, 3.05) is 0 Å². The molecule has 0 aliphatic rings. The average Bonchev–Trinajstić information content (AvgIpc) is 2.81. The molecule has 5 heteroatoms. The number of fused-ring (bicyclic) bond motifs is 1. The maximum atomic E-state index is 8.84. The van der Waals surface area contributed by atoms with Crippen LogP contribution in [0.15, 0.2) is 36.7 Å². The predicted octanol–water partition coefficient (Wildman–Crippen LogP) is 1.97. The molecule has 86 valence electrons. The number of rotatable bonds is 1. The first kappa shape index (κ1) is 10.4. The van der Waals surface area contributed by atoms with Crippen LogP contribution in [0.3, 0.4) is 0 Å². The fourth-order valence-electron chi connectivity index (χ4n) is 1.84. The molecular formula is C13H9N5. The van der Waals surface area contributed by atoms with E-state index in [1.807, 2.05) is 23.5 Å². The summed E-state index contributed by atoms with van der Waals surface area (Å²) in [4.78, 5) is 4.16. The zero-order chi connectivity index (χ0) is 12.5. The summed E-state index contributed by atoms with van der Waals surface area (Å²) in [6.45, 7) is 1.93. The van der Waals surface area contributed by atoms with E-state index < -0.39 is 0 Å². The van der Waals surface area contributed by atoms with Crippen molar-refractivity contribution in [3.05, 3.63) is 47.9 Å². The predicted molar refractivity (Wildman–Crippen MR) is 65.7 cm³/mol. The third-order valence-corrected chi connectivity index (χ3v) is 2.69. The van der Waals surface area contributed by atoms with Gasteiger partial charge in [-0.25, -0.2) is 0 Å². The van der Waals surface area contributed by atoms with E-state index in [0.29, 0.717) is 11.2 Å². The van der Waals surface area contributed by atoms with Crippen molar-refractivity contribution in [1.29, 1.82) is 5.26 Å². The number of hydrogen-bond donors (Lipinski definition) is 0. The smallest absolute Gasteiger partial charge is 0.168 e. The molecule has 3 aromatic rings. The van der Waals surface area contributed by atoms with Gasteiger partial charge >= 0.3 is 0 Å². The molecule has 0 saturated heterocycles. The second kappa shape index (κ2) is 3.93. The van der Waals surface area contributed by atoms with E-state index in [9.17, 15) is 0 Å². The van der Waals surface area contributed by atoms with Crippen molar-refractivity contribution in [2.45, 2.75) is 6.92 Å². The average molecular weight is 235 g/mol. The summed E-state index contributed by atoms with van der Waals surface area (Å²) >= 11 is 0. The molecule has 0 unspecified atom stereocenters. The molecule has 18 heavy (non-hydrogen) atoms. The normalized spacial score (nSPS) is 10.4. The van der Waals surface area contributed by atoms with Gasteiger partial charge in [-0.05, 0) is 25.1 Å². The van der Waals surface area contributed by atoms with E-state index in [2.05, 4.69) is 21.3 Å². The van der Waals surface area contributed by atoms with Crippen LogP contribution < -0.4 is 0 Å². The van der Waals surface area contributed by atoms with Crippen LogP contribution in [0.25, 0.3) is 17.0 Å². The highest BCUT2D eigenvalue weighted by Crippen LogP contribution is 2.18. The summed E-state index contributed by atoms with van der Waals surface area (Å²) in [6, 6.07) is 9.39. The van der Waals surface area contributed by atoms with Crippen molar-refractivity contribution in [1.82, 2.24) is 19.6 Å². The number of nitriles is 1. The van der Waals surface area contributed by atoms with Crippen LogP contribution in [0.5, 0.6) is 0 Å². The maximum absolute atomic E-state index is 8.84. The highest BCUT2D eigenvalue weighted by Gasteiger charge is 2.08. The quantitative estimate of drug-likeness (QED) is 0.646. The lowest BCUT2D eigenvalue weighted by atomic mass is 10.2. The molecule has 0 saturated carbocycles. The van der Waals surface area contributed by atoms with Crippen molar-refractivity contribution in [2.24, 2.45) is 0 Å². The summed E-state index contributed by atoms with van der Waals surface area (Å²) < 4.78 is 1.86. The highest BCUT2D eigenvalue weighted by atomic mass is 15.2. The Bertz CT molecular complexity index is 766. The van der Waals surface area contributed by atoms with Crippen LogP contribution in [-0.2, 0) is 0 Å². The Balaban J connectivity index is 2.22. The number of pyridine rings is 2. The first-order chi connectivity index (χ1) is 8.78. The summed E-state index contributed by atoms with van der Waals surface area (Å²) in [5, 5.41) is 17.1. The summed E-state index contributed by atoms with van der Waals surface area (Å²) in [5.41, 5.74) is 3.13. The number of aromatic nitrogens is 4. The van der Waals surface area contributed by atoms with Gasteiger partial charge in [-0.1, -0.05) is 0 Å². The van der Waals surface area contributed by atoms with E-state index in [1.54, 1.807) is 24.5 Å². The minimum Gasteiger partial charge on any atom is -0.282 e. The molecule has 0 spiro atoms. The summed E-state index contributed by atoms with van der Waals surface area (Å²) in [5.74, 6) is 0.750. The fourth-order valence-corrected chi connectivity index (χ4v) is 1.84. The van der Waals surface area contributed by atoms with E-state index in [-0.39, 0.29) is 0 Å².